The summed E-state index contributed by atoms with van der Waals surface area (Å²) in [5.74, 6) is 0.387. The Bertz CT molecular complexity index is 1020. The minimum Gasteiger partial charge on any atom is -0.506 e. The van der Waals surface area contributed by atoms with Crippen molar-refractivity contribution in [1.29, 1.82) is 0 Å². The van der Waals surface area contributed by atoms with E-state index in [1.165, 1.54) is 0 Å². The molecule has 0 saturated heterocycles. The van der Waals surface area contributed by atoms with Crippen LogP contribution in [0.1, 0.15) is 43.5 Å². The lowest BCUT2D eigenvalue weighted by Crippen LogP contribution is -2.06. The first-order valence-corrected chi connectivity index (χ1v) is 9.34. The summed E-state index contributed by atoms with van der Waals surface area (Å²) >= 11 is 0. The van der Waals surface area contributed by atoms with Gasteiger partial charge in [-0.05, 0) is 30.7 Å². The Morgan fingerprint density at radius 2 is 1.26 bits per heavy atom. The molecule has 2 aromatic carbocycles. The van der Waals surface area contributed by atoms with Gasteiger partial charge in [-0.25, -0.2) is 9.97 Å². The highest BCUT2D eigenvalue weighted by molar-refractivity contribution is 5.85. The molecule has 0 atom stereocenters. The molecule has 4 heteroatoms. The molecular formula is C23H22N2O2. The van der Waals surface area contributed by atoms with Crippen molar-refractivity contribution >= 4 is 21.8 Å². The van der Waals surface area contributed by atoms with Crippen molar-refractivity contribution < 1.29 is 10.2 Å². The minimum atomic E-state index is 0.0120. The molecule has 0 unspecified atom stereocenters. The number of rotatable bonds is 5. The number of phenols is 2. The summed E-state index contributed by atoms with van der Waals surface area (Å²) in [5.41, 5.74) is 3.00. The Labute approximate surface area is 158 Å². The maximum Gasteiger partial charge on any atom is 0.141 e. The molecule has 2 N–H and O–H groups in total. The van der Waals surface area contributed by atoms with Crippen LogP contribution in [0.25, 0.3) is 21.8 Å². The van der Waals surface area contributed by atoms with Gasteiger partial charge in [0.15, 0.2) is 0 Å². The van der Waals surface area contributed by atoms with Crippen molar-refractivity contribution in [2.45, 2.75) is 32.1 Å². The SMILES string of the molecule is CCCCC(c1ccc2cccc(O)c2n1)c1ccc2cccc(O)c2n1. The van der Waals surface area contributed by atoms with Gasteiger partial charge in [0.25, 0.3) is 0 Å². The molecule has 0 fully saturated rings. The van der Waals surface area contributed by atoms with Gasteiger partial charge < -0.3 is 10.2 Å². The number of aromatic nitrogens is 2. The fourth-order valence-corrected chi connectivity index (χ4v) is 3.54. The van der Waals surface area contributed by atoms with E-state index in [2.05, 4.69) is 6.92 Å². The number of unbranched alkanes of at least 4 members (excludes halogenated alkanes) is 1. The molecule has 0 aliphatic carbocycles. The average molecular weight is 358 g/mol. The lowest BCUT2D eigenvalue weighted by molar-refractivity contribution is 0.480. The van der Waals surface area contributed by atoms with Crippen molar-refractivity contribution in [2.24, 2.45) is 0 Å². The van der Waals surface area contributed by atoms with Crippen LogP contribution in [0, 0.1) is 0 Å². The van der Waals surface area contributed by atoms with E-state index < -0.39 is 0 Å². The zero-order valence-electron chi connectivity index (χ0n) is 15.3. The van der Waals surface area contributed by atoms with Gasteiger partial charge in [0, 0.05) is 16.7 Å². The van der Waals surface area contributed by atoms with Crippen molar-refractivity contribution in [2.75, 3.05) is 0 Å². The van der Waals surface area contributed by atoms with Crippen LogP contribution in [-0.4, -0.2) is 20.2 Å². The molecule has 2 heterocycles. The highest BCUT2D eigenvalue weighted by Crippen LogP contribution is 2.33. The summed E-state index contributed by atoms with van der Waals surface area (Å²) in [6.45, 7) is 2.16. The molecule has 27 heavy (non-hydrogen) atoms. The van der Waals surface area contributed by atoms with E-state index in [0.717, 1.165) is 41.4 Å². The number of fused-ring (bicyclic) bond motifs is 2. The first-order chi connectivity index (χ1) is 13.2. The summed E-state index contributed by atoms with van der Waals surface area (Å²) in [6.07, 6.45) is 3.04. The number of benzene rings is 2. The third-order valence-electron chi connectivity index (χ3n) is 5.00. The first kappa shape index (κ1) is 17.3. The van der Waals surface area contributed by atoms with E-state index >= 15 is 0 Å². The molecular weight excluding hydrogens is 336 g/mol. The lowest BCUT2D eigenvalue weighted by atomic mass is 9.93. The molecule has 0 radical (unpaired) electrons. The zero-order valence-corrected chi connectivity index (χ0v) is 15.3. The average Bonchev–Trinajstić information content (AvgIpc) is 2.69. The Morgan fingerprint density at radius 1 is 0.741 bits per heavy atom. The van der Waals surface area contributed by atoms with Crippen LogP contribution >= 0.6 is 0 Å². The molecule has 0 aliphatic rings. The molecule has 0 amide bonds. The molecule has 0 saturated carbocycles. The van der Waals surface area contributed by atoms with E-state index in [-0.39, 0.29) is 17.4 Å². The smallest absolute Gasteiger partial charge is 0.141 e. The van der Waals surface area contributed by atoms with Crippen LogP contribution in [0.2, 0.25) is 0 Å². The Hall–Kier alpha value is -3.14. The first-order valence-electron chi connectivity index (χ1n) is 9.34. The monoisotopic (exact) mass is 358 g/mol. The van der Waals surface area contributed by atoms with Crippen LogP contribution < -0.4 is 0 Å². The second-order valence-electron chi connectivity index (χ2n) is 6.86. The lowest BCUT2D eigenvalue weighted by Gasteiger charge is -2.17. The van der Waals surface area contributed by atoms with Gasteiger partial charge in [-0.15, -0.1) is 0 Å². The second kappa shape index (κ2) is 7.23. The van der Waals surface area contributed by atoms with Gasteiger partial charge in [-0.1, -0.05) is 56.2 Å². The summed E-state index contributed by atoms with van der Waals surface area (Å²) in [5, 5.41) is 22.2. The number of hydrogen-bond acceptors (Lipinski definition) is 4. The molecule has 4 aromatic rings. The normalized spacial score (nSPS) is 11.5. The Morgan fingerprint density at radius 3 is 1.74 bits per heavy atom. The van der Waals surface area contributed by atoms with E-state index in [1.54, 1.807) is 12.1 Å². The predicted octanol–water partition coefficient (Wildman–Crippen LogP) is 5.52. The number of phenolic OH excluding ortho intramolecular Hbond substituents is 2. The topological polar surface area (TPSA) is 66.2 Å². The summed E-state index contributed by atoms with van der Waals surface area (Å²) < 4.78 is 0. The number of aromatic hydroxyl groups is 2. The van der Waals surface area contributed by atoms with Gasteiger partial charge in [0.2, 0.25) is 0 Å². The Kier molecular flexibility index (Phi) is 4.63. The molecule has 136 valence electrons. The summed E-state index contributed by atoms with van der Waals surface area (Å²) in [4.78, 5) is 9.51. The van der Waals surface area contributed by atoms with Crippen molar-refractivity contribution in [3.05, 3.63) is 72.1 Å². The van der Waals surface area contributed by atoms with Gasteiger partial charge in [0.1, 0.15) is 22.5 Å². The largest absolute Gasteiger partial charge is 0.506 e. The van der Waals surface area contributed by atoms with Crippen molar-refractivity contribution in [3.63, 3.8) is 0 Å². The second-order valence-corrected chi connectivity index (χ2v) is 6.86. The van der Waals surface area contributed by atoms with Crippen LogP contribution in [0.5, 0.6) is 11.5 Å². The van der Waals surface area contributed by atoms with E-state index in [0.29, 0.717) is 11.0 Å². The fourth-order valence-electron chi connectivity index (χ4n) is 3.54. The van der Waals surface area contributed by atoms with E-state index in [1.807, 2.05) is 48.5 Å². The zero-order chi connectivity index (χ0) is 18.8. The van der Waals surface area contributed by atoms with Crippen LogP contribution in [0.3, 0.4) is 0 Å². The van der Waals surface area contributed by atoms with E-state index in [4.69, 9.17) is 9.97 Å². The number of pyridine rings is 2. The van der Waals surface area contributed by atoms with Crippen molar-refractivity contribution in [1.82, 2.24) is 9.97 Å². The van der Waals surface area contributed by atoms with Crippen molar-refractivity contribution in [3.8, 4) is 11.5 Å². The third-order valence-corrected chi connectivity index (χ3v) is 5.00. The summed E-state index contributed by atoms with van der Waals surface area (Å²) in [7, 11) is 0. The number of para-hydroxylation sites is 2. The van der Waals surface area contributed by atoms with Gasteiger partial charge in [-0.2, -0.15) is 0 Å². The number of nitrogens with zero attached hydrogens (tertiary/aromatic N) is 2. The molecule has 0 bridgehead atoms. The van der Waals surface area contributed by atoms with Gasteiger partial charge in [-0.3, -0.25) is 0 Å². The minimum absolute atomic E-state index is 0.0120. The maximum atomic E-state index is 10.2. The van der Waals surface area contributed by atoms with Crippen LogP contribution in [0.4, 0.5) is 0 Å². The molecule has 4 nitrogen and oxygen atoms in total. The summed E-state index contributed by atoms with van der Waals surface area (Å²) in [6, 6.07) is 18.9. The molecule has 0 aliphatic heterocycles. The predicted molar refractivity (Wildman–Crippen MR) is 108 cm³/mol. The molecule has 0 spiro atoms. The van der Waals surface area contributed by atoms with Gasteiger partial charge in [0.05, 0.1) is 11.4 Å². The maximum absolute atomic E-state index is 10.2. The number of hydrogen-bond donors (Lipinski definition) is 2. The third kappa shape index (κ3) is 3.31. The van der Waals surface area contributed by atoms with Crippen LogP contribution in [0.15, 0.2) is 60.7 Å². The standard InChI is InChI=1S/C23H22N2O2/c1-2-3-8-17(18-13-11-15-6-4-9-20(26)22(15)24-18)19-14-12-16-7-5-10-21(27)23(16)25-19/h4-7,9-14,17,26-27H,2-3,8H2,1H3. The van der Waals surface area contributed by atoms with E-state index in [9.17, 15) is 10.2 Å². The Balaban J connectivity index is 1.84. The van der Waals surface area contributed by atoms with Crippen LogP contribution in [-0.2, 0) is 0 Å². The highest BCUT2D eigenvalue weighted by atomic mass is 16.3. The molecule has 4 rings (SSSR count). The molecule has 2 aromatic heterocycles. The highest BCUT2D eigenvalue weighted by Gasteiger charge is 2.19. The fraction of sp³-hybridized carbons (Fsp3) is 0.217. The quantitative estimate of drug-likeness (QED) is 0.493. The van der Waals surface area contributed by atoms with Gasteiger partial charge >= 0.3 is 0 Å².